The minimum atomic E-state index is 0. The highest BCUT2D eigenvalue weighted by atomic mass is 127. The maximum absolute atomic E-state index is 4.42. The Hall–Kier alpha value is -0.820. The molecule has 1 aromatic carbocycles. The van der Waals surface area contributed by atoms with Crippen LogP contribution in [0.25, 0.3) is 0 Å². The molecule has 2 aliphatic rings. The van der Waals surface area contributed by atoms with Gasteiger partial charge in [-0.2, -0.15) is 0 Å². The maximum atomic E-state index is 4.42. The molecule has 0 amide bonds. The second-order valence-electron chi connectivity index (χ2n) is 7.33. The molecular formula is C20H33IN4. The lowest BCUT2D eigenvalue weighted by atomic mass is 10.0. The predicted octanol–water partition coefficient (Wildman–Crippen LogP) is 3.59. The van der Waals surface area contributed by atoms with Gasteiger partial charge in [0.15, 0.2) is 5.96 Å². The summed E-state index contributed by atoms with van der Waals surface area (Å²) in [6.45, 7) is 5.56. The van der Waals surface area contributed by atoms with E-state index >= 15 is 0 Å². The van der Waals surface area contributed by atoms with E-state index in [9.17, 15) is 0 Å². The Bertz CT molecular complexity index is 528. The molecule has 0 bridgehead atoms. The van der Waals surface area contributed by atoms with E-state index in [4.69, 9.17) is 0 Å². The van der Waals surface area contributed by atoms with Crippen LogP contribution in [-0.2, 0) is 0 Å². The van der Waals surface area contributed by atoms with Crippen molar-refractivity contribution in [3.63, 3.8) is 0 Å². The molecule has 0 radical (unpaired) electrons. The zero-order valence-electron chi connectivity index (χ0n) is 15.6. The average Bonchev–Trinajstić information content (AvgIpc) is 3.30. The van der Waals surface area contributed by atoms with Gasteiger partial charge in [-0.1, -0.05) is 50.1 Å². The third-order valence-corrected chi connectivity index (χ3v) is 5.57. The zero-order chi connectivity index (χ0) is 16.8. The van der Waals surface area contributed by atoms with Gasteiger partial charge in [-0.25, -0.2) is 0 Å². The topological polar surface area (TPSA) is 39.7 Å². The van der Waals surface area contributed by atoms with Crippen molar-refractivity contribution in [2.24, 2.45) is 4.99 Å². The van der Waals surface area contributed by atoms with Crippen LogP contribution in [0.4, 0.5) is 0 Å². The third-order valence-electron chi connectivity index (χ3n) is 5.57. The highest BCUT2D eigenvalue weighted by Crippen LogP contribution is 2.26. The SMILES string of the molecule is CN=C(NCC(C)c1ccccc1)NC1CCN(C2CCCC2)C1.I. The summed E-state index contributed by atoms with van der Waals surface area (Å²) in [6, 6.07) is 12.0. The Balaban J connectivity index is 0.00000225. The van der Waals surface area contributed by atoms with Crippen LogP contribution in [0.3, 0.4) is 0 Å². The minimum Gasteiger partial charge on any atom is -0.356 e. The van der Waals surface area contributed by atoms with Gasteiger partial charge in [0.25, 0.3) is 0 Å². The normalized spacial score (nSPS) is 23.3. The van der Waals surface area contributed by atoms with Crippen LogP contribution in [-0.4, -0.2) is 49.6 Å². The zero-order valence-corrected chi connectivity index (χ0v) is 17.9. The Morgan fingerprint density at radius 1 is 1.20 bits per heavy atom. The molecule has 1 aliphatic carbocycles. The first-order valence-corrected chi connectivity index (χ1v) is 9.52. The number of guanidine groups is 1. The molecule has 3 rings (SSSR count). The van der Waals surface area contributed by atoms with Crippen LogP contribution >= 0.6 is 24.0 Å². The number of nitrogens with one attached hydrogen (secondary N) is 2. The molecule has 1 saturated carbocycles. The molecule has 140 valence electrons. The summed E-state index contributed by atoms with van der Waals surface area (Å²) in [5, 5.41) is 7.12. The van der Waals surface area contributed by atoms with Gasteiger partial charge >= 0.3 is 0 Å². The van der Waals surface area contributed by atoms with Crippen molar-refractivity contribution in [2.75, 3.05) is 26.7 Å². The number of aliphatic imine (C=N–C) groups is 1. The van der Waals surface area contributed by atoms with Crippen LogP contribution in [0.2, 0.25) is 0 Å². The third kappa shape index (κ3) is 5.84. The summed E-state index contributed by atoms with van der Waals surface area (Å²) >= 11 is 0. The number of hydrogen-bond acceptors (Lipinski definition) is 2. The molecule has 4 nitrogen and oxygen atoms in total. The van der Waals surface area contributed by atoms with Gasteiger partial charge in [0.1, 0.15) is 0 Å². The maximum Gasteiger partial charge on any atom is 0.191 e. The Morgan fingerprint density at radius 3 is 2.60 bits per heavy atom. The van der Waals surface area contributed by atoms with E-state index in [0.717, 1.165) is 18.5 Å². The molecular weight excluding hydrogens is 423 g/mol. The van der Waals surface area contributed by atoms with Crippen molar-refractivity contribution in [1.82, 2.24) is 15.5 Å². The summed E-state index contributed by atoms with van der Waals surface area (Å²) in [7, 11) is 1.87. The van der Waals surface area contributed by atoms with Gasteiger partial charge in [-0.05, 0) is 30.7 Å². The monoisotopic (exact) mass is 456 g/mol. The molecule has 5 heteroatoms. The summed E-state index contributed by atoms with van der Waals surface area (Å²) in [6.07, 6.45) is 6.85. The van der Waals surface area contributed by atoms with E-state index in [0.29, 0.717) is 12.0 Å². The molecule has 1 aromatic rings. The molecule has 0 spiro atoms. The van der Waals surface area contributed by atoms with Crippen LogP contribution in [0.15, 0.2) is 35.3 Å². The average molecular weight is 456 g/mol. The van der Waals surface area contributed by atoms with Crippen molar-refractivity contribution in [3.8, 4) is 0 Å². The van der Waals surface area contributed by atoms with E-state index in [1.807, 2.05) is 7.05 Å². The Morgan fingerprint density at radius 2 is 1.92 bits per heavy atom. The lowest BCUT2D eigenvalue weighted by molar-refractivity contribution is 0.242. The molecule has 2 atom stereocenters. The molecule has 1 heterocycles. The Labute approximate surface area is 169 Å². The second kappa shape index (κ2) is 10.4. The fraction of sp³-hybridized carbons (Fsp3) is 0.650. The largest absolute Gasteiger partial charge is 0.356 e. The standard InChI is InChI=1S/C20H32N4.HI/c1-16(17-8-4-3-5-9-17)14-22-20(21-2)23-18-12-13-24(15-18)19-10-6-7-11-19;/h3-5,8-9,16,18-19H,6-7,10-15H2,1-2H3,(H2,21,22,23);1H. The quantitative estimate of drug-likeness (QED) is 0.404. The van der Waals surface area contributed by atoms with Crippen LogP contribution in [0, 0.1) is 0 Å². The lowest BCUT2D eigenvalue weighted by Gasteiger charge is -2.24. The lowest BCUT2D eigenvalue weighted by Crippen LogP contribution is -2.46. The van der Waals surface area contributed by atoms with E-state index in [2.05, 4.69) is 57.8 Å². The number of benzene rings is 1. The van der Waals surface area contributed by atoms with E-state index in [1.165, 1.54) is 50.8 Å². The van der Waals surface area contributed by atoms with Gasteiger partial charge in [-0.15, -0.1) is 24.0 Å². The number of halogens is 1. The number of hydrogen-bond donors (Lipinski definition) is 2. The summed E-state index contributed by atoms with van der Waals surface area (Å²) in [5.74, 6) is 1.42. The van der Waals surface area contributed by atoms with Crippen molar-refractivity contribution in [3.05, 3.63) is 35.9 Å². The van der Waals surface area contributed by atoms with Crippen molar-refractivity contribution in [2.45, 2.75) is 57.0 Å². The van der Waals surface area contributed by atoms with Crippen molar-refractivity contribution >= 4 is 29.9 Å². The number of rotatable bonds is 5. The molecule has 25 heavy (non-hydrogen) atoms. The molecule has 0 aromatic heterocycles. The smallest absolute Gasteiger partial charge is 0.191 e. The van der Waals surface area contributed by atoms with E-state index < -0.39 is 0 Å². The number of likely N-dealkylation sites (tertiary alicyclic amines) is 1. The van der Waals surface area contributed by atoms with Gasteiger partial charge in [0.05, 0.1) is 0 Å². The second-order valence-corrected chi connectivity index (χ2v) is 7.33. The van der Waals surface area contributed by atoms with Gasteiger partial charge in [0.2, 0.25) is 0 Å². The van der Waals surface area contributed by atoms with Crippen LogP contribution < -0.4 is 10.6 Å². The summed E-state index contributed by atoms with van der Waals surface area (Å²) in [5.41, 5.74) is 1.37. The predicted molar refractivity (Wildman–Crippen MR) is 117 cm³/mol. The molecule has 1 saturated heterocycles. The highest BCUT2D eigenvalue weighted by molar-refractivity contribution is 14.0. The summed E-state index contributed by atoms with van der Waals surface area (Å²) < 4.78 is 0. The summed E-state index contributed by atoms with van der Waals surface area (Å²) in [4.78, 5) is 7.10. The first-order valence-electron chi connectivity index (χ1n) is 9.52. The molecule has 1 aliphatic heterocycles. The minimum absolute atomic E-state index is 0. The highest BCUT2D eigenvalue weighted by Gasteiger charge is 2.30. The fourth-order valence-electron chi connectivity index (χ4n) is 4.04. The molecule has 2 unspecified atom stereocenters. The first-order chi connectivity index (χ1) is 11.8. The van der Waals surface area contributed by atoms with Gasteiger partial charge in [-0.3, -0.25) is 9.89 Å². The van der Waals surface area contributed by atoms with Crippen molar-refractivity contribution < 1.29 is 0 Å². The van der Waals surface area contributed by atoms with E-state index in [1.54, 1.807) is 0 Å². The van der Waals surface area contributed by atoms with Crippen LogP contribution in [0.5, 0.6) is 0 Å². The van der Waals surface area contributed by atoms with Gasteiger partial charge in [0, 0.05) is 38.8 Å². The van der Waals surface area contributed by atoms with Crippen LogP contribution in [0.1, 0.15) is 50.5 Å². The fourth-order valence-corrected chi connectivity index (χ4v) is 4.04. The number of nitrogens with zero attached hydrogens (tertiary/aromatic N) is 2. The van der Waals surface area contributed by atoms with Crippen molar-refractivity contribution in [1.29, 1.82) is 0 Å². The molecule has 2 N–H and O–H groups in total. The van der Waals surface area contributed by atoms with Gasteiger partial charge < -0.3 is 10.6 Å². The van der Waals surface area contributed by atoms with E-state index in [-0.39, 0.29) is 24.0 Å². The Kier molecular flexibility index (Phi) is 8.49. The first kappa shape index (κ1) is 20.5. The molecule has 2 fully saturated rings.